The van der Waals surface area contributed by atoms with Crippen molar-refractivity contribution in [1.29, 1.82) is 0 Å². The molecule has 0 bridgehead atoms. The minimum atomic E-state index is 0.601. The fraction of sp³-hybridized carbons (Fsp3) is 0.269. The molecule has 0 radical (unpaired) electrons. The summed E-state index contributed by atoms with van der Waals surface area (Å²) in [6.07, 6.45) is 1.96. The number of aromatic nitrogens is 2. The highest BCUT2D eigenvalue weighted by Crippen LogP contribution is 2.23. The first-order valence-electron chi connectivity index (χ1n) is 10.3. The SMILES string of the molecule is CCC(C)c1ccc(Cn2c(Cc3ccc(OC)cc3)nc3ccccc32)cc1. The van der Waals surface area contributed by atoms with Crippen LogP contribution in [0.4, 0.5) is 0 Å². The molecule has 4 aromatic rings. The molecule has 0 aliphatic heterocycles. The van der Waals surface area contributed by atoms with Crippen molar-refractivity contribution in [2.75, 3.05) is 7.11 Å². The van der Waals surface area contributed by atoms with Crippen LogP contribution in [0.1, 0.15) is 48.7 Å². The monoisotopic (exact) mass is 384 g/mol. The maximum absolute atomic E-state index is 5.28. The number of imidazole rings is 1. The Morgan fingerprint density at radius 1 is 0.897 bits per heavy atom. The fourth-order valence-corrected chi connectivity index (χ4v) is 3.73. The number of hydrogen-bond donors (Lipinski definition) is 0. The van der Waals surface area contributed by atoms with Crippen molar-refractivity contribution >= 4 is 11.0 Å². The van der Waals surface area contributed by atoms with E-state index in [1.165, 1.54) is 22.2 Å². The molecule has 0 aliphatic rings. The van der Waals surface area contributed by atoms with Gasteiger partial charge in [-0.25, -0.2) is 4.98 Å². The molecule has 0 N–H and O–H groups in total. The highest BCUT2D eigenvalue weighted by Gasteiger charge is 2.12. The van der Waals surface area contributed by atoms with Gasteiger partial charge in [-0.15, -0.1) is 0 Å². The molecule has 0 aliphatic carbocycles. The van der Waals surface area contributed by atoms with Crippen molar-refractivity contribution in [1.82, 2.24) is 9.55 Å². The Kier molecular flexibility index (Phi) is 5.66. The van der Waals surface area contributed by atoms with Gasteiger partial charge in [-0.3, -0.25) is 0 Å². The van der Waals surface area contributed by atoms with E-state index in [2.05, 4.69) is 79.1 Å². The van der Waals surface area contributed by atoms with Crippen molar-refractivity contribution in [2.45, 2.75) is 39.2 Å². The van der Waals surface area contributed by atoms with E-state index >= 15 is 0 Å². The highest BCUT2D eigenvalue weighted by molar-refractivity contribution is 5.76. The van der Waals surface area contributed by atoms with Crippen molar-refractivity contribution in [3.8, 4) is 5.75 Å². The summed E-state index contributed by atoms with van der Waals surface area (Å²) in [5.74, 6) is 2.56. The maximum Gasteiger partial charge on any atom is 0.118 e. The third kappa shape index (κ3) is 4.19. The van der Waals surface area contributed by atoms with Gasteiger partial charge in [0, 0.05) is 13.0 Å². The molecular weight excluding hydrogens is 356 g/mol. The summed E-state index contributed by atoms with van der Waals surface area (Å²) in [5, 5.41) is 0. The second-order valence-electron chi connectivity index (χ2n) is 7.68. The number of methoxy groups -OCH3 is 1. The normalized spacial score (nSPS) is 12.2. The molecule has 4 rings (SSSR count). The Hall–Kier alpha value is -3.07. The Bertz CT molecular complexity index is 1080. The third-order valence-corrected chi connectivity index (χ3v) is 5.76. The lowest BCUT2D eigenvalue weighted by atomic mass is 9.97. The summed E-state index contributed by atoms with van der Waals surface area (Å²) in [6.45, 7) is 5.35. The number of para-hydroxylation sites is 2. The van der Waals surface area contributed by atoms with Crippen LogP contribution in [-0.2, 0) is 13.0 Å². The van der Waals surface area contributed by atoms with E-state index in [-0.39, 0.29) is 0 Å². The summed E-state index contributed by atoms with van der Waals surface area (Å²) in [7, 11) is 1.70. The number of ether oxygens (including phenoxy) is 1. The first-order chi connectivity index (χ1) is 14.2. The average molecular weight is 385 g/mol. The van der Waals surface area contributed by atoms with Crippen LogP contribution in [0.15, 0.2) is 72.8 Å². The molecule has 1 aromatic heterocycles. The molecule has 0 saturated heterocycles. The van der Waals surface area contributed by atoms with E-state index in [1.807, 2.05) is 12.1 Å². The second kappa shape index (κ2) is 8.52. The summed E-state index contributed by atoms with van der Waals surface area (Å²) in [6, 6.07) is 25.7. The molecule has 148 valence electrons. The summed E-state index contributed by atoms with van der Waals surface area (Å²) in [4.78, 5) is 4.94. The van der Waals surface area contributed by atoms with Crippen LogP contribution >= 0.6 is 0 Å². The summed E-state index contributed by atoms with van der Waals surface area (Å²) < 4.78 is 7.63. The highest BCUT2D eigenvalue weighted by atomic mass is 16.5. The minimum Gasteiger partial charge on any atom is -0.497 e. The van der Waals surface area contributed by atoms with Gasteiger partial charge < -0.3 is 9.30 Å². The molecule has 0 amide bonds. The number of benzene rings is 3. The molecule has 0 saturated carbocycles. The van der Waals surface area contributed by atoms with E-state index < -0.39 is 0 Å². The third-order valence-electron chi connectivity index (χ3n) is 5.76. The summed E-state index contributed by atoms with van der Waals surface area (Å²) >= 11 is 0. The quantitative estimate of drug-likeness (QED) is 0.379. The van der Waals surface area contributed by atoms with Crippen molar-refractivity contribution in [3.63, 3.8) is 0 Å². The zero-order valence-corrected chi connectivity index (χ0v) is 17.4. The lowest BCUT2D eigenvalue weighted by Crippen LogP contribution is -2.06. The van der Waals surface area contributed by atoms with Gasteiger partial charge in [0.2, 0.25) is 0 Å². The minimum absolute atomic E-state index is 0.601. The first kappa shape index (κ1) is 19.3. The van der Waals surface area contributed by atoms with Gasteiger partial charge in [0.1, 0.15) is 11.6 Å². The van der Waals surface area contributed by atoms with E-state index in [9.17, 15) is 0 Å². The van der Waals surface area contributed by atoms with Crippen LogP contribution in [0.25, 0.3) is 11.0 Å². The van der Waals surface area contributed by atoms with Crippen LogP contribution in [0.5, 0.6) is 5.75 Å². The van der Waals surface area contributed by atoms with Crippen LogP contribution < -0.4 is 4.74 Å². The van der Waals surface area contributed by atoms with Gasteiger partial charge >= 0.3 is 0 Å². The van der Waals surface area contributed by atoms with Crippen LogP contribution in [0.2, 0.25) is 0 Å². The molecule has 1 heterocycles. The van der Waals surface area contributed by atoms with Gasteiger partial charge in [-0.1, -0.05) is 62.4 Å². The lowest BCUT2D eigenvalue weighted by molar-refractivity contribution is 0.414. The van der Waals surface area contributed by atoms with E-state index in [0.717, 1.165) is 36.5 Å². The van der Waals surface area contributed by atoms with Crippen LogP contribution in [0.3, 0.4) is 0 Å². The van der Waals surface area contributed by atoms with E-state index in [4.69, 9.17) is 9.72 Å². The molecular formula is C26H28N2O. The van der Waals surface area contributed by atoms with Crippen molar-refractivity contribution in [3.05, 3.63) is 95.3 Å². The maximum atomic E-state index is 5.28. The largest absolute Gasteiger partial charge is 0.497 e. The number of hydrogen-bond acceptors (Lipinski definition) is 2. The standard InChI is InChI=1S/C26H28N2O/c1-4-19(2)22-13-9-21(10-14-22)18-28-25-8-6-5-7-24(25)27-26(28)17-20-11-15-23(29-3)16-12-20/h5-16,19H,4,17-18H2,1-3H3. The Morgan fingerprint density at radius 3 is 2.28 bits per heavy atom. The smallest absolute Gasteiger partial charge is 0.118 e. The second-order valence-corrected chi connectivity index (χ2v) is 7.68. The van der Waals surface area contributed by atoms with Gasteiger partial charge in [0.15, 0.2) is 0 Å². The van der Waals surface area contributed by atoms with E-state index in [1.54, 1.807) is 7.11 Å². The number of rotatable bonds is 7. The van der Waals surface area contributed by atoms with Gasteiger partial charge in [0.25, 0.3) is 0 Å². The molecule has 1 unspecified atom stereocenters. The zero-order valence-electron chi connectivity index (χ0n) is 17.4. The predicted molar refractivity (Wildman–Crippen MR) is 120 cm³/mol. The molecule has 3 heteroatoms. The van der Waals surface area contributed by atoms with E-state index in [0.29, 0.717) is 5.92 Å². The van der Waals surface area contributed by atoms with Gasteiger partial charge in [-0.2, -0.15) is 0 Å². The molecule has 0 fully saturated rings. The first-order valence-corrected chi connectivity index (χ1v) is 10.3. The fourth-order valence-electron chi connectivity index (χ4n) is 3.73. The Morgan fingerprint density at radius 2 is 1.59 bits per heavy atom. The number of fused-ring (bicyclic) bond motifs is 1. The molecule has 0 spiro atoms. The van der Waals surface area contributed by atoms with Crippen LogP contribution in [0, 0.1) is 0 Å². The average Bonchev–Trinajstić information content (AvgIpc) is 3.11. The molecule has 29 heavy (non-hydrogen) atoms. The molecule has 1 atom stereocenters. The van der Waals surface area contributed by atoms with Crippen molar-refractivity contribution < 1.29 is 4.74 Å². The Labute approximate surface area is 173 Å². The van der Waals surface area contributed by atoms with Crippen molar-refractivity contribution in [2.24, 2.45) is 0 Å². The molecule has 3 nitrogen and oxygen atoms in total. The lowest BCUT2D eigenvalue weighted by Gasteiger charge is -2.12. The van der Waals surface area contributed by atoms with Crippen LogP contribution in [-0.4, -0.2) is 16.7 Å². The number of nitrogens with zero attached hydrogens (tertiary/aromatic N) is 2. The topological polar surface area (TPSA) is 27.1 Å². The molecule has 3 aromatic carbocycles. The van der Waals surface area contributed by atoms with Gasteiger partial charge in [0.05, 0.1) is 18.1 Å². The Balaban J connectivity index is 1.66. The zero-order chi connectivity index (χ0) is 20.2. The summed E-state index contributed by atoms with van der Waals surface area (Å²) in [5.41, 5.74) is 6.17. The van der Waals surface area contributed by atoms with Gasteiger partial charge in [-0.05, 0) is 53.3 Å². The predicted octanol–water partition coefficient (Wildman–Crippen LogP) is 6.20.